The number of fused-ring (bicyclic) bond motifs is 1. The van der Waals surface area contributed by atoms with Gasteiger partial charge in [0.2, 0.25) is 6.79 Å². The minimum absolute atomic E-state index is 0.258. The molecule has 0 atom stereocenters. The second kappa shape index (κ2) is 6.37. The number of hydrogen-bond acceptors (Lipinski definition) is 4. The summed E-state index contributed by atoms with van der Waals surface area (Å²) in [5, 5.41) is 0. The van der Waals surface area contributed by atoms with Crippen molar-refractivity contribution in [2.45, 2.75) is 13.0 Å². The van der Waals surface area contributed by atoms with Crippen molar-refractivity contribution in [1.29, 1.82) is 0 Å². The molecule has 0 aliphatic carbocycles. The Bertz CT molecular complexity index is 628. The number of ether oxygens (including phenoxy) is 3. The van der Waals surface area contributed by atoms with Crippen LogP contribution in [0.5, 0.6) is 17.2 Å². The van der Waals surface area contributed by atoms with E-state index in [0.29, 0.717) is 13.2 Å². The third kappa shape index (κ3) is 3.31. The zero-order valence-corrected chi connectivity index (χ0v) is 13.1. The van der Waals surface area contributed by atoms with E-state index in [0.717, 1.165) is 39.3 Å². The number of benzene rings is 2. The quantitative estimate of drug-likeness (QED) is 0.899. The molecule has 0 aromatic heterocycles. The van der Waals surface area contributed by atoms with Crippen molar-refractivity contribution < 1.29 is 14.2 Å². The van der Waals surface area contributed by atoms with Crippen LogP contribution >= 0.6 is 15.9 Å². The van der Waals surface area contributed by atoms with Gasteiger partial charge in [0.25, 0.3) is 0 Å². The van der Waals surface area contributed by atoms with Gasteiger partial charge in [0.1, 0.15) is 12.4 Å². The van der Waals surface area contributed by atoms with Crippen molar-refractivity contribution in [3.05, 3.63) is 52.0 Å². The first-order chi connectivity index (χ1) is 10.3. The van der Waals surface area contributed by atoms with Crippen LogP contribution in [0.3, 0.4) is 0 Å². The standard InChI is InChI=1S/C16H16BrNO3/c17-13-3-1-11(2-4-13)9-19-14-8-16-15(20-10-21-16)7-12(14)5-6-18/h1-4,7-8H,5-6,9-10,18H2. The second-order valence-electron chi connectivity index (χ2n) is 4.77. The number of halogens is 1. The largest absolute Gasteiger partial charge is 0.488 e. The Morgan fingerprint density at radius 1 is 1.10 bits per heavy atom. The van der Waals surface area contributed by atoms with E-state index in [-0.39, 0.29) is 6.79 Å². The topological polar surface area (TPSA) is 53.7 Å². The highest BCUT2D eigenvalue weighted by molar-refractivity contribution is 9.10. The summed E-state index contributed by atoms with van der Waals surface area (Å²) in [6.45, 7) is 1.33. The van der Waals surface area contributed by atoms with Gasteiger partial charge in [-0.1, -0.05) is 28.1 Å². The minimum atomic E-state index is 0.258. The molecule has 0 spiro atoms. The molecule has 0 saturated carbocycles. The van der Waals surface area contributed by atoms with Gasteiger partial charge in [0, 0.05) is 10.5 Å². The molecule has 110 valence electrons. The smallest absolute Gasteiger partial charge is 0.231 e. The predicted molar refractivity (Wildman–Crippen MR) is 83.8 cm³/mol. The maximum Gasteiger partial charge on any atom is 0.231 e. The van der Waals surface area contributed by atoms with E-state index in [2.05, 4.69) is 15.9 Å². The average molecular weight is 350 g/mol. The molecular formula is C16H16BrNO3. The van der Waals surface area contributed by atoms with Crippen LogP contribution in [-0.4, -0.2) is 13.3 Å². The van der Waals surface area contributed by atoms with Gasteiger partial charge in [-0.25, -0.2) is 0 Å². The molecule has 4 nitrogen and oxygen atoms in total. The highest BCUT2D eigenvalue weighted by Crippen LogP contribution is 2.38. The van der Waals surface area contributed by atoms with E-state index in [1.807, 2.05) is 36.4 Å². The molecule has 1 heterocycles. The predicted octanol–water partition coefficient (Wildman–Crippen LogP) is 3.26. The zero-order chi connectivity index (χ0) is 14.7. The molecule has 2 aromatic rings. The highest BCUT2D eigenvalue weighted by atomic mass is 79.9. The Balaban J connectivity index is 1.78. The molecule has 1 aliphatic rings. The Hall–Kier alpha value is -1.72. The summed E-state index contributed by atoms with van der Waals surface area (Å²) < 4.78 is 17.8. The Kier molecular flexibility index (Phi) is 4.31. The Morgan fingerprint density at radius 3 is 2.52 bits per heavy atom. The van der Waals surface area contributed by atoms with Gasteiger partial charge < -0.3 is 19.9 Å². The van der Waals surface area contributed by atoms with Crippen molar-refractivity contribution >= 4 is 15.9 Å². The summed E-state index contributed by atoms with van der Waals surface area (Å²) in [7, 11) is 0. The molecule has 0 bridgehead atoms. The van der Waals surface area contributed by atoms with Crippen LogP contribution in [0.4, 0.5) is 0 Å². The van der Waals surface area contributed by atoms with E-state index in [4.69, 9.17) is 19.9 Å². The maximum atomic E-state index is 5.93. The molecule has 5 heteroatoms. The molecule has 2 aromatic carbocycles. The molecule has 0 saturated heterocycles. The van der Waals surface area contributed by atoms with Crippen LogP contribution in [0, 0.1) is 0 Å². The van der Waals surface area contributed by atoms with Gasteiger partial charge in [-0.15, -0.1) is 0 Å². The van der Waals surface area contributed by atoms with Gasteiger partial charge in [-0.2, -0.15) is 0 Å². The molecule has 21 heavy (non-hydrogen) atoms. The van der Waals surface area contributed by atoms with Gasteiger partial charge in [0.15, 0.2) is 11.5 Å². The molecule has 3 rings (SSSR count). The van der Waals surface area contributed by atoms with E-state index in [1.54, 1.807) is 0 Å². The van der Waals surface area contributed by atoms with E-state index in [1.165, 1.54) is 0 Å². The molecule has 2 N–H and O–H groups in total. The van der Waals surface area contributed by atoms with Gasteiger partial charge in [-0.05, 0) is 42.3 Å². The van der Waals surface area contributed by atoms with Crippen LogP contribution in [0.15, 0.2) is 40.9 Å². The lowest BCUT2D eigenvalue weighted by molar-refractivity contribution is 0.173. The number of rotatable bonds is 5. The summed E-state index contributed by atoms with van der Waals surface area (Å²) in [4.78, 5) is 0. The lowest BCUT2D eigenvalue weighted by Crippen LogP contribution is -2.05. The molecule has 0 amide bonds. The lowest BCUT2D eigenvalue weighted by Gasteiger charge is -2.12. The van der Waals surface area contributed by atoms with Gasteiger partial charge in [-0.3, -0.25) is 0 Å². The van der Waals surface area contributed by atoms with Crippen LogP contribution in [0.25, 0.3) is 0 Å². The SMILES string of the molecule is NCCc1cc2c(cc1OCc1ccc(Br)cc1)OCO2. The summed E-state index contributed by atoms with van der Waals surface area (Å²) >= 11 is 3.42. The first-order valence-electron chi connectivity index (χ1n) is 6.76. The normalized spacial score (nSPS) is 12.5. The molecule has 0 unspecified atom stereocenters. The van der Waals surface area contributed by atoms with Crippen LogP contribution in [0.1, 0.15) is 11.1 Å². The lowest BCUT2D eigenvalue weighted by atomic mass is 10.1. The zero-order valence-electron chi connectivity index (χ0n) is 11.5. The summed E-state index contributed by atoms with van der Waals surface area (Å²) in [6, 6.07) is 11.9. The van der Waals surface area contributed by atoms with E-state index in [9.17, 15) is 0 Å². The first-order valence-corrected chi connectivity index (χ1v) is 7.55. The first kappa shape index (κ1) is 14.2. The van der Waals surface area contributed by atoms with Crippen molar-refractivity contribution in [3.8, 4) is 17.2 Å². The van der Waals surface area contributed by atoms with E-state index >= 15 is 0 Å². The molecule has 0 fully saturated rings. The molecular weight excluding hydrogens is 334 g/mol. The fraction of sp³-hybridized carbons (Fsp3) is 0.250. The average Bonchev–Trinajstić information content (AvgIpc) is 2.94. The van der Waals surface area contributed by atoms with Crippen LogP contribution < -0.4 is 19.9 Å². The van der Waals surface area contributed by atoms with Gasteiger partial charge in [0.05, 0.1) is 0 Å². The monoisotopic (exact) mass is 349 g/mol. The molecule has 0 radical (unpaired) electrons. The van der Waals surface area contributed by atoms with Crippen molar-refractivity contribution in [2.75, 3.05) is 13.3 Å². The third-order valence-electron chi connectivity index (χ3n) is 3.28. The third-order valence-corrected chi connectivity index (χ3v) is 3.81. The highest BCUT2D eigenvalue weighted by Gasteiger charge is 2.17. The van der Waals surface area contributed by atoms with Crippen molar-refractivity contribution in [3.63, 3.8) is 0 Å². The van der Waals surface area contributed by atoms with Crippen LogP contribution in [0.2, 0.25) is 0 Å². The summed E-state index contributed by atoms with van der Waals surface area (Å²) in [5.41, 5.74) is 7.81. The Morgan fingerprint density at radius 2 is 1.81 bits per heavy atom. The number of hydrogen-bond donors (Lipinski definition) is 1. The Labute approximate surface area is 131 Å². The van der Waals surface area contributed by atoms with Crippen molar-refractivity contribution in [2.24, 2.45) is 5.73 Å². The van der Waals surface area contributed by atoms with Crippen LogP contribution in [-0.2, 0) is 13.0 Å². The van der Waals surface area contributed by atoms with Crippen molar-refractivity contribution in [1.82, 2.24) is 0 Å². The second-order valence-corrected chi connectivity index (χ2v) is 5.68. The molecule has 1 aliphatic heterocycles. The fourth-order valence-electron chi connectivity index (χ4n) is 2.19. The maximum absolute atomic E-state index is 5.93. The summed E-state index contributed by atoms with van der Waals surface area (Å²) in [6.07, 6.45) is 0.742. The fourth-order valence-corrected chi connectivity index (χ4v) is 2.46. The minimum Gasteiger partial charge on any atom is -0.488 e. The van der Waals surface area contributed by atoms with Gasteiger partial charge >= 0.3 is 0 Å². The van der Waals surface area contributed by atoms with E-state index < -0.39 is 0 Å². The number of nitrogens with two attached hydrogens (primary N) is 1. The summed E-state index contributed by atoms with van der Waals surface area (Å²) in [5.74, 6) is 2.28.